The van der Waals surface area contributed by atoms with Crippen LogP contribution in [0.4, 0.5) is 5.69 Å². The van der Waals surface area contributed by atoms with Gasteiger partial charge in [-0.3, -0.25) is 9.59 Å². The molecule has 1 aliphatic rings. The number of nitrogens with zero attached hydrogens (tertiary/aromatic N) is 2. The Bertz CT molecular complexity index is 715. The molecule has 2 N–H and O–H groups in total. The Morgan fingerprint density at radius 3 is 2.70 bits per heavy atom. The molecule has 1 aliphatic heterocycles. The van der Waals surface area contributed by atoms with Crippen molar-refractivity contribution in [2.24, 2.45) is 11.1 Å². The second-order valence-corrected chi connectivity index (χ2v) is 7.70. The average Bonchev–Trinajstić information content (AvgIpc) is 2.77. The molecule has 1 unspecified atom stereocenters. The van der Waals surface area contributed by atoms with Gasteiger partial charge in [0.15, 0.2) is 0 Å². The van der Waals surface area contributed by atoms with Gasteiger partial charge >= 0.3 is 0 Å². The molecule has 1 heterocycles. The smallest absolute Gasteiger partial charge is 0.227 e. The molecule has 7 nitrogen and oxygen atoms in total. The maximum atomic E-state index is 12.1. The highest BCUT2D eigenvalue weighted by molar-refractivity contribution is 7.89. The molecule has 0 radical (unpaired) electrons. The summed E-state index contributed by atoms with van der Waals surface area (Å²) in [5, 5.41) is 5.05. The number of carbonyl (C=O) groups excluding carboxylic acids is 2. The minimum Gasteiger partial charge on any atom is -0.349 e. The lowest BCUT2D eigenvalue weighted by Crippen LogP contribution is -2.27. The largest absolute Gasteiger partial charge is 0.349 e. The van der Waals surface area contributed by atoms with Gasteiger partial charge in [-0.15, -0.1) is 0 Å². The standard InChI is InChI=1S/C15H21N3O4S/c1-17(2)14(19)7-11-4-3-5-13(6-11)18-9-12(8-15(18)20)10-23(16,21)22/h3-6,12H,7-10H2,1-2H3,(H2,16,21,22). The fourth-order valence-electron chi connectivity index (χ4n) is 2.64. The van der Waals surface area contributed by atoms with Crippen molar-refractivity contribution in [2.75, 3.05) is 31.3 Å². The number of amides is 2. The van der Waals surface area contributed by atoms with Gasteiger partial charge in [-0.2, -0.15) is 0 Å². The molecule has 2 amide bonds. The summed E-state index contributed by atoms with van der Waals surface area (Å²) in [7, 11) is -0.222. The van der Waals surface area contributed by atoms with E-state index in [9.17, 15) is 18.0 Å². The van der Waals surface area contributed by atoms with E-state index >= 15 is 0 Å². The van der Waals surface area contributed by atoms with Crippen LogP contribution in [0.1, 0.15) is 12.0 Å². The lowest BCUT2D eigenvalue weighted by molar-refractivity contribution is -0.128. The Kier molecular flexibility index (Phi) is 5.06. The van der Waals surface area contributed by atoms with E-state index in [1.165, 1.54) is 4.90 Å². The fraction of sp³-hybridized carbons (Fsp3) is 0.467. The van der Waals surface area contributed by atoms with Crippen LogP contribution in [0, 0.1) is 5.92 Å². The highest BCUT2D eigenvalue weighted by atomic mass is 32.2. The summed E-state index contributed by atoms with van der Waals surface area (Å²) in [6, 6.07) is 7.18. The molecular formula is C15H21N3O4S. The van der Waals surface area contributed by atoms with Gasteiger partial charge in [0.1, 0.15) is 0 Å². The molecule has 0 aliphatic carbocycles. The van der Waals surface area contributed by atoms with Crippen molar-refractivity contribution in [3.8, 4) is 0 Å². The molecule has 0 saturated carbocycles. The number of carbonyl (C=O) groups is 2. The predicted molar refractivity (Wildman–Crippen MR) is 87.3 cm³/mol. The lowest BCUT2D eigenvalue weighted by Gasteiger charge is -2.18. The van der Waals surface area contributed by atoms with Crippen LogP contribution in [0.3, 0.4) is 0 Å². The molecule has 1 atom stereocenters. The maximum Gasteiger partial charge on any atom is 0.227 e. The van der Waals surface area contributed by atoms with E-state index in [4.69, 9.17) is 5.14 Å². The van der Waals surface area contributed by atoms with E-state index in [0.717, 1.165) is 5.56 Å². The predicted octanol–water partition coefficient (Wildman–Crippen LogP) is -0.0413. The third-order valence-corrected chi connectivity index (χ3v) is 4.69. The topological polar surface area (TPSA) is 101 Å². The van der Waals surface area contributed by atoms with Crippen molar-refractivity contribution in [1.29, 1.82) is 0 Å². The van der Waals surface area contributed by atoms with Gasteiger partial charge in [-0.05, 0) is 17.7 Å². The SMILES string of the molecule is CN(C)C(=O)Cc1cccc(N2CC(CS(N)(=O)=O)CC2=O)c1. The first-order valence-corrected chi connectivity index (χ1v) is 8.97. The quantitative estimate of drug-likeness (QED) is 0.813. The van der Waals surface area contributed by atoms with Gasteiger partial charge in [0.2, 0.25) is 21.8 Å². The number of rotatable bonds is 5. The third-order valence-electron chi connectivity index (χ3n) is 3.75. The molecule has 1 aromatic carbocycles. The second kappa shape index (κ2) is 6.67. The molecule has 2 rings (SSSR count). The summed E-state index contributed by atoms with van der Waals surface area (Å²) in [5.41, 5.74) is 1.49. The zero-order valence-corrected chi connectivity index (χ0v) is 14.0. The Morgan fingerprint density at radius 2 is 2.09 bits per heavy atom. The average molecular weight is 339 g/mol. The Labute approximate surface area is 136 Å². The van der Waals surface area contributed by atoms with E-state index in [0.29, 0.717) is 12.2 Å². The monoisotopic (exact) mass is 339 g/mol. The number of sulfonamides is 1. The summed E-state index contributed by atoms with van der Waals surface area (Å²) in [5.74, 6) is -0.657. The third kappa shape index (κ3) is 4.77. The minimum absolute atomic E-state index is 0.0259. The van der Waals surface area contributed by atoms with Crippen molar-refractivity contribution >= 4 is 27.5 Å². The van der Waals surface area contributed by atoms with Gasteiger partial charge in [-0.1, -0.05) is 12.1 Å². The first kappa shape index (κ1) is 17.4. The number of hydrogen-bond acceptors (Lipinski definition) is 4. The van der Waals surface area contributed by atoms with Gasteiger partial charge in [0.25, 0.3) is 0 Å². The van der Waals surface area contributed by atoms with Crippen molar-refractivity contribution < 1.29 is 18.0 Å². The molecule has 0 aromatic heterocycles. The number of nitrogens with two attached hydrogens (primary N) is 1. The van der Waals surface area contributed by atoms with Crippen LogP contribution in [0.2, 0.25) is 0 Å². The van der Waals surface area contributed by atoms with E-state index in [2.05, 4.69) is 0 Å². The number of anilines is 1. The van der Waals surface area contributed by atoms with Crippen LogP contribution in [-0.4, -0.2) is 51.5 Å². The van der Waals surface area contributed by atoms with Crippen molar-refractivity contribution in [2.45, 2.75) is 12.8 Å². The van der Waals surface area contributed by atoms with Gasteiger partial charge in [-0.25, -0.2) is 13.6 Å². The number of primary sulfonamides is 1. The van der Waals surface area contributed by atoms with E-state index < -0.39 is 10.0 Å². The summed E-state index contributed by atoms with van der Waals surface area (Å²) in [6.07, 6.45) is 0.417. The van der Waals surface area contributed by atoms with Gasteiger partial charge in [0.05, 0.1) is 12.2 Å². The Balaban J connectivity index is 2.13. The number of likely N-dealkylation sites (N-methyl/N-ethyl adjacent to an activating group) is 1. The highest BCUT2D eigenvalue weighted by Crippen LogP contribution is 2.26. The lowest BCUT2D eigenvalue weighted by atomic mass is 10.1. The number of benzene rings is 1. The Morgan fingerprint density at radius 1 is 1.39 bits per heavy atom. The van der Waals surface area contributed by atoms with Crippen molar-refractivity contribution in [1.82, 2.24) is 4.90 Å². The van der Waals surface area contributed by atoms with Gasteiger partial charge in [0, 0.05) is 38.7 Å². The van der Waals surface area contributed by atoms with Gasteiger partial charge < -0.3 is 9.80 Å². The van der Waals surface area contributed by atoms with Crippen LogP contribution >= 0.6 is 0 Å². The summed E-state index contributed by atoms with van der Waals surface area (Å²) < 4.78 is 22.4. The fourth-order valence-corrected chi connectivity index (χ4v) is 3.52. The van der Waals surface area contributed by atoms with Crippen LogP contribution in [0.25, 0.3) is 0 Å². The molecule has 1 fully saturated rings. The first-order valence-electron chi connectivity index (χ1n) is 7.25. The molecule has 8 heteroatoms. The van der Waals surface area contributed by atoms with Crippen LogP contribution in [-0.2, 0) is 26.0 Å². The molecule has 1 aromatic rings. The molecule has 0 bridgehead atoms. The first-order chi connectivity index (χ1) is 10.7. The summed E-state index contributed by atoms with van der Waals surface area (Å²) in [4.78, 5) is 27.0. The normalized spacial score (nSPS) is 18.3. The van der Waals surface area contributed by atoms with Crippen LogP contribution in [0.15, 0.2) is 24.3 Å². The van der Waals surface area contributed by atoms with E-state index in [1.54, 1.807) is 37.2 Å². The molecule has 1 saturated heterocycles. The minimum atomic E-state index is -3.60. The summed E-state index contributed by atoms with van der Waals surface area (Å²) >= 11 is 0. The molecule has 0 spiro atoms. The van der Waals surface area contributed by atoms with Crippen LogP contribution in [0.5, 0.6) is 0 Å². The molecular weight excluding hydrogens is 318 g/mol. The molecule has 23 heavy (non-hydrogen) atoms. The highest BCUT2D eigenvalue weighted by Gasteiger charge is 2.32. The van der Waals surface area contributed by atoms with Crippen molar-refractivity contribution in [3.05, 3.63) is 29.8 Å². The van der Waals surface area contributed by atoms with E-state index in [-0.39, 0.29) is 36.3 Å². The zero-order valence-electron chi connectivity index (χ0n) is 13.2. The number of hydrogen-bond donors (Lipinski definition) is 1. The van der Waals surface area contributed by atoms with Crippen LogP contribution < -0.4 is 10.0 Å². The second-order valence-electron chi connectivity index (χ2n) is 6.04. The maximum absolute atomic E-state index is 12.1. The molecule has 126 valence electrons. The zero-order chi connectivity index (χ0) is 17.2. The van der Waals surface area contributed by atoms with Crippen molar-refractivity contribution in [3.63, 3.8) is 0 Å². The van der Waals surface area contributed by atoms with E-state index in [1.807, 2.05) is 6.07 Å². The summed E-state index contributed by atoms with van der Waals surface area (Å²) in [6.45, 7) is 0.320. The Hall–Kier alpha value is -1.93.